The lowest BCUT2D eigenvalue weighted by Crippen LogP contribution is -2.27. The predicted molar refractivity (Wildman–Crippen MR) is 80.6 cm³/mol. The Morgan fingerprint density at radius 2 is 2.10 bits per heavy atom. The number of carbonyl (C=O) groups excluding carboxylic acids is 1. The number of thiophene rings is 1. The molecule has 1 heterocycles. The third-order valence-electron chi connectivity index (χ3n) is 2.42. The van der Waals surface area contributed by atoms with Crippen LogP contribution in [0.4, 0.5) is 10.5 Å². The number of amides is 2. The second-order valence-electron chi connectivity index (χ2n) is 3.94. The molecule has 1 aromatic heterocycles. The van der Waals surface area contributed by atoms with Gasteiger partial charge in [0.2, 0.25) is 0 Å². The summed E-state index contributed by atoms with van der Waals surface area (Å²) in [5.74, 6) is 5.41. The molecule has 102 valence electrons. The van der Waals surface area contributed by atoms with E-state index in [1.165, 1.54) is 11.3 Å². The highest BCUT2D eigenvalue weighted by Crippen LogP contribution is 2.13. The number of aliphatic hydroxyl groups excluding tert-OH is 1. The van der Waals surface area contributed by atoms with Gasteiger partial charge in [-0.05, 0) is 18.2 Å². The normalized spacial score (nSPS) is 9.45. The fourth-order valence-corrected chi connectivity index (χ4v) is 2.30. The molecule has 5 heteroatoms. The van der Waals surface area contributed by atoms with E-state index in [4.69, 9.17) is 5.11 Å². The zero-order valence-corrected chi connectivity index (χ0v) is 11.5. The van der Waals surface area contributed by atoms with Gasteiger partial charge in [-0.1, -0.05) is 30.0 Å². The summed E-state index contributed by atoms with van der Waals surface area (Å²) in [5.41, 5.74) is 1.61. The Kier molecular flexibility index (Phi) is 5.18. The molecule has 4 nitrogen and oxygen atoms in total. The summed E-state index contributed by atoms with van der Waals surface area (Å²) in [5, 5.41) is 16.0. The molecule has 0 spiro atoms. The Labute approximate surface area is 121 Å². The van der Waals surface area contributed by atoms with Crippen LogP contribution in [-0.4, -0.2) is 17.7 Å². The van der Waals surface area contributed by atoms with Gasteiger partial charge in [0, 0.05) is 21.5 Å². The Hall–Kier alpha value is -2.29. The first-order valence-corrected chi connectivity index (χ1v) is 6.93. The van der Waals surface area contributed by atoms with Gasteiger partial charge in [-0.2, -0.15) is 0 Å². The molecule has 0 saturated carbocycles. The fourth-order valence-electron chi connectivity index (χ4n) is 1.54. The zero-order valence-electron chi connectivity index (χ0n) is 10.7. The number of nitrogens with one attached hydrogen (secondary N) is 2. The minimum atomic E-state index is -0.243. The molecular formula is C15H14N2O2S. The first kappa shape index (κ1) is 14.1. The van der Waals surface area contributed by atoms with Gasteiger partial charge in [0.15, 0.2) is 0 Å². The third kappa shape index (κ3) is 4.43. The van der Waals surface area contributed by atoms with Crippen LogP contribution in [0, 0.1) is 11.8 Å². The van der Waals surface area contributed by atoms with Crippen LogP contribution in [0.2, 0.25) is 0 Å². The van der Waals surface area contributed by atoms with E-state index in [0.717, 1.165) is 16.1 Å². The number of para-hydroxylation sites is 1. The maximum Gasteiger partial charge on any atom is 0.319 e. The summed E-state index contributed by atoms with van der Waals surface area (Å²) < 4.78 is 0. The minimum absolute atomic E-state index is 0.150. The number of hydrogen-bond donors (Lipinski definition) is 3. The van der Waals surface area contributed by atoms with Gasteiger partial charge in [0.1, 0.15) is 6.61 Å². The van der Waals surface area contributed by atoms with Crippen LogP contribution in [0.25, 0.3) is 0 Å². The van der Waals surface area contributed by atoms with Crippen molar-refractivity contribution in [2.75, 3.05) is 11.9 Å². The maximum atomic E-state index is 11.7. The van der Waals surface area contributed by atoms with Crippen LogP contribution in [-0.2, 0) is 6.54 Å². The van der Waals surface area contributed by atoms with Crippen molar-refractivity contribution in [3.05, 3.63) is 52.2 Å². The molecule has 0 unspecified atom stereocenters. The van der Waals surface area contributed by atoms with Crippen molar-refractivity contribution in [1.82, 2.24) is 5.32 Å². The van der Waals surface area contributed by atoms with Crippen molar-refractivity contribution in [2.45, 2.75) is 6.54 Å². The Morgan fingerprint density at radius 1 is 1.30 bits per heavy atom. The summed E-state index contributed by atoms with van der Waals surface area (Å²) >= 11 is 1.52. The van der Waals surface area contributed by atoms with Crippen LogP contribution in [0.5, 0.6) is 0 Å². The zero-order chi connectivity index (χ0) is 14.2. The fraction of sp³-hybridized carbons (Fsp3) is 0.133. The molecular weight excluding hydrogens is 272 g/mol. The molecule has 0 fully saturated rings. The Balaban J connectivity index is 1.83. The van der Waals surface area contributed by atoms with Crippen LogP contribution < -0.4 is 10.6 Å². The van der Waals surface area contributed by atoms with Crippen molar-refractivity contribution in [1.29, 1.82) is 0 Å². The molecule has 2 rings (SSSR count). The maximum absolute atomic E-state index is 11.7. The number of urea groups is 1. The molecule has 0 aliphatic heterocycles. The highest BCUT2D eigenvalue weighted by Gasteiger charge is 2.02. The quantitative estimate of drug-likeness (QED) is 0.759. The Morgan fingerprint density at radius 3 is 2.85 bits per heavy atom. The molecule has 3 N–H and O–H groups in total. The lowest BCUT2D eigenvalue weighted by Gasteiger charge is -2.06. The third-order valence-corrected chi connectivity index (χ3v) is 3.36. The van der Waals surface area contributed by atoms with Crippen molar-refractivity contribution in [2.24, 2.45) is 0 Å². The Bertz CT molecular complexity index is 626. The van der Waals surface area contributed by atoms with Crippen LogP contribution in [0.15, 0.2) is 41.8 Å². The molecule has 2 amide bonds. The van der Waals surface area contributed by atoms with Crippen LogP contribution in [0.1, 0.15) is 10.4 Å². The molecule has 0 aliphatic rings. The molecule has 0 bridgehead atoms. The summed E-state index contributed by atoms with van der Waals surface area (Å²) in [4.78, 5) is 12.7. The number of rotatable bonds is 3. The van der Waals surface area contributed by atoms with Gasteiger partial charge in [0.25, 0.3) is 0 Å². The number of benzene rings is 1. The van der Waals surface area contributed by atoms with Crippen molar-refractivity contribution in [3.8, 4) is 11.8 Å². The average molecular weight is 286 g/mol. The molecule has 0 saturated heterocycles. The van der Waals surface area contributed by atoms with E-state index < -0.39 is 0 Å². The van der Waals surface area contributed by atoms with E-state index in [9.17, 15) is 4.79 Å². The van der Waals surface area contributed by atoms with E-state index in [-0.39, 0.29) is 12.6 Å². The van der Waals surface area contributed by atoms with E-state index in [1.54, 1.807) is 0 Å². The average Bonchev–Trinajstić information content (AvgIpc) is 2.92. The van der Waals surface area contributed by atoms with Gasteiger partial charge in [-0.25, -0.2) is 4.79 Å². The van der Waals surface area contributed by atoms with E-state index in [1.807, 2.05) is 41.8 Å². The highest BCUT2D eigenvalue weighted by molar-refractivity contribution is 7.10. The summed E-state index contributed by atoms with van der Waals surface area (Å²) in [6.07, 6.45) is 0. The monoisotopic (exact) mass is 286 g/mol. The molecule has 0 radical (unpaired) electrons. The molecule has 0 atom stereocenters. The summed E-state index contributed by atoms with van der Waals surface area (Å²) in [7, 11) is 0. The lowest BCUT2D eigenvalue weighted by atomic mass is 10.3. The van der Waals surface area contributed by atoms with Gasteiger partial charge in [-0.15, -0.1) is 11.3 Å². The van der Waals surface area contributed by atoms with Gasteiger partial charge in [0.05, 0.1) is 6.54 Å². The molecule has 20 heavy (non-hydrogen) atoms. The van der Waals surface area contributed by atoms with Gasteiger partial charge >= 0.3 is 6.03 Å². The first-order valence-electron chi connectivity index (χ1n) is 6.05. The first-order chi connectivity index (χ1) is 9.78. The van der Waals surface area contributed by atoms with Crippen LogP contribution >= 0.6 is 11.3 Å². The second-order valence-corrected chi connectivity index (χ2v) is 4.93. The summed E-state index contributed by atoms with van der Waals surface area (Å²) in [6, 6.07) is 10.9. The number of anilines is 1. The van der Waals surface area contributed by atoms with Crippen molar-refractivity contribution < 1.29 is 9.90 Å². The predicted octanol–water partition coefficient (Wildman–Crippen LogP) is 2.41. The SMILES string of the molecule is O=C(NCc1cc(C#CCO)cs1)Nc1ccccc1. The van der Waals surface area contributed by atoms with Crippen molar-refractivity contribution >= 4 is 23.1 Å². The van der Waals surface area contributed by atoms with E-state index in [2.05, 4.69) is 22.5 Å². The number of carbonyl (C=O) groups is 1. The standard InChI is InChI=1S/C15H14N2O2S/c18-8-4-5-12-9-14(20-11-12)10-16-15(19)17-13-6-2-1-3-7-13/h1-3,6-7,9,11,18H,8,10H2,(H2,16,17,19). The van der Waals surface area contributed by atoms with Gasteiger partial charge in [-0.3, -0.25) is 0 Å². The molecule has 1 aromatic carbocycles. The molecule has 0 aliphatic carbocycles. The highest BCUT2D eigenvalue weighted by atomic mass is 32.1. The molecule has 2 aromatic rings. The van der Waals surface area contributed by atoms with Crippen LogP contribution in [0.3, 0.4) is 0 Å². The topological polar surface area (TPSA) is 61.4 Å². The number of hydrogen-bond acceptors (Lipinski definition) is 3. The van der Waals surface area contributed by atoms with E-state index >= 15 is 0 Å². The minimum Gasteiger partial charge on any atom is -0.384 e. The smallest absolute Gasteiger partial charge is 0.319 e. The number of aliphatic hydroxyl groups is 1. The van der Waals surface area contributed by atoms with Crippen molar-refractivity contribution in [3.63, 3.8) is 0 Å². The lowest BCUT2D eigenvalue weighted by molar-refractivity contribution is 0.252. The largest absolute Gasteiger partial charge is 0.384 e. The van der Waals surface area contributed by atoms with E-state index in [0.29, 0.717) is 6.54 Å². The summed E-state index contributed by atoms with van der Waals surface area (Å²) in [6.45, 7) is 0.299. The second kappa shape index (κ2) is 7.34. The van der Waals surface area contributed by atoms with Gasteiger partial charge < -0.3 is 15.7 Å².